The van der Waals surface area contributed by atoms with Crippen molar-refractivity contribution in [2.24, 2.45) is 5.73 Å². The Morgan fingerprint density at radius 2 is 2.10 bits per heavy atom. The van der Waals surface area contributed by atoms with Crippen molar-refractivity contribution in [1.82, 2.24) is 10.2 Å². The lowest BCUT2D eigenvalue weighted by Crippen LogP contribution is -2.38. The molecule has 148 valence electrons. The van der Waals surface area contributed by atoms with Gasteiger partial charge >= 0.3 is 0 Å². The maximum absolute atomic E-state index is 13.0. The molecule has 0 fully saturated rings. The van der Waals surface area contributed by atoms with Gasteiger partial charge in [-0.2, -0.15) is 5.26 Å². The third kappa shape index (κ3) is 3.56. The molecule has 8 heteroatoms. The van der Waals surface area contributed by atoms with Crippen molar-refractivity contribution < 1.29 is 4.79 Å². The maximum atomic E-state index is 13.0. The van der Waals surface area contributed by atoms with Gasteiger partial charge in [-0.15, -0.1) is 10.2 Å². The molecule has 6 nitrogen and oxygen atoms in total. The number of nitriles is 1. The molecule has 0 saturated carbocycles. The zero-order chi connectivity index (χ0) is 20.4. The lowest BCUT2D eigenvalue weighted by atomic mass is 9.76. The fourth-order valence-electron chi connectivity index (χ4n) is 3.82. The first kappa shape index (κ1) is 19.7. The van der Waals surface area contributed by atoms with E-state index in [2.05, 4.69) is 23.2 Å². The molecule has 1 aliphatic carbocycles. The standard InChI is InChI=1S/C21H21N5OS2/c1-2-11-28-21-25-24-20(29-21)26-15-9-6-10-16(27)18(15)17(14(12-22)19(26)23)13-7-4-3-5-8-13/h3-5,7-8,17H,2,6,9-11,23H2,1H3. The third-order valence-corrected chi connectivity index (χ3v) is 7.31. The molecule has 1 aromatic heterocycles. The summed E-state index contributed by atoms with van der Waals surface area (Å²) in [5.41, 5.74) is 9.35. The number of thioether (sulfide) groups is 1. The van der Waals surface area contributed by atoms with Crippen molar-refractivity contribution in [3.8, 4) is 6.07 Å². The number of ketones is 1. The highest BCUT2D eigenvalue weighted by Gasteiger charge is 2.41. The van der Waals surface area contributed by atoms with Crippen LogP contribution in [0.5, 0.6) is 0 Å². The Bertz CT molecular complexity index is 1030. The molecule has 1 aliphatic heterocycles. The van der Waals surface area contributed by atoms with Gasteiger partial charge in [-0.1, -0.05) is 60.4 Å². The number of benzene rings is 1. The summed E-state index contributed by atoms with van der Waals surface area (Å²) in [6.07, 6.45) is 3.02. The number of hydrogen-bond donors (Lipinski definition) is 1. The van der Waals surface area contributed by atoms with Crippen LogP contribution in [0.25, 0.3) is 0 Å². The summed E-state index contributed by atoms with van der Waals surface area (Å²) >= 11 is 3.10. The number of aromatic nitrogens is 2. The number of carbonyl (C=O) groups excluding carboxylic acids is 1. The van der Waals surface area contributed by atoms with Gasteiger partial charge in [0, 0.05) is 23.4 Å². The number of Topliss-reactive ketones (excluding diaryl/α,β-unsaturated/α-hetero) is 1. The lowest BCUT2D eigenvalue weighted by Gasteiger charge is -2.38. The van der Waals surface area contributed by atoms with Gasteiger partial charge in [-0.3, -0.25) is 9.69 Å². The third-order valence-electron chi connectivity index (χ3n) is 5.06. The Labute approximate surface area is 178 Å². The zero-order valence-electron chi connectivity index (χ0n) is 16.1. The monoisotopic (exact) mass is 423 g/mol. The molecule has 0 saturated heterocycles. The Morgan fingerprint density at radius 1 is 1.31 bits per heavy atom. The van der Waals surface area contributed by atoms with Gasteiger partial charge in [0.15, 0.2) is 10.1 Å². The fourth-order valence-corrected chi connectivity index (χ4v) is 5.63. The molecule has 0 amide bonds. The average molecular weight is 424 g/mol. The highest BCUT2D eigenvalue weighted by molar-refractivity contribution is 8.01. The second-order valence-corrected chi connectivity index (χ2v) is 9.22. The van der Waals surface area contributed by atoms with E-state index in [4.69, 9.17) is 5.73 Å². The molecule has 4 rings (SSSR count). The quantitative estimate of drug-likeness (QED) is 0.714. The van der Waals surface area contributed by atoms with Crippen molar-refractivity contribution in [3.63, 3.8) is 0 Å². The summed E-state index contributed by atoms with van der Waals surface area (Å²) < 4.78 is 0.864. The van der Waals surface area contributed by atoms with E-state index in [1.165, 1.54) is 11.3 Å². The van der Waals surface area contributed by atoms with E-state index in [-0.39, 0.29) is 5.78 Å². The Hall–Kier alpha value is -2.63. The van der Waals surface area contributed by atoms with Crippen LogP contribution in [0.4, 0.5) is 5.13 Å². The molecular weight excluding hydrogens is 402 g/mol. The number of nitrogens with two attached hydrogens (primary N) is 1. The number of carbonyl (C=O) groups is 1. The van der Waals surface area contributed by atoms with E-state index >= 15 is 0 Å². The van der Waals surface area contributed by atoms with Crippen LogP contribution >= 0.6 is 23.1 Å². The van der Waals surface area contributed by atoms with Crippen molar-refractivity contribution >= 4 is 34.0 Å². The minimum atomic E-state index is -0.429. The lowest BCUT2D eigenvalue weighted by molar-refractivity contribution is -0.116. The molecule has 1 atom stereocenters. The summed E-state index contributed by atoms with van der Waals surface area (Å²) in [6.45, 7) is 2.12. The van der Waals surface area contributed by atoms with Gasteiger partial charge < -0.3 is 5.73 Å². The Morgan fingerprint density at radius 3 is 2.83 bits per heavy atom. The highest BCUT2D eigenvalue weighted by Crippen LogP contribution is 2.47. The van der Waals surface area contributed by atoms with Crippen molar-refractivity contribution in [1.29, 1.82) is 5.26 Å². The first-order valence-corrected chi connectivity index (χ1v) is 11.4. The van der Waals surface area contributed by atoms with Crippen LogP contribution in [0.1, 0.15) is 44.1 Å². The number of hydrogen-bond acceptors (Lipinski definition) is 8. The molecule has 2 aliphatic rings. The molecule has 1 unspecified atom stereocenters. The van der Waals surface area contributed by atoms with Crippen LogP contribution < -0.4 is 10.6 Å². The second kappa shape index (κ2) is 8.39. The van der Waals surface area contributed by atoms with Gasteiger partial charge in [0.05, 0.1) is 17.6 Å². The van der Waals surface area contributed by atoms with Gasteiger partial charge in [0.1, 0.15) is 5.82 Å². The smallest absolute Gasteiger partial charge is 0.219 e. The predicted octanol–water partition coefficient (Wildman–Crippen LogP) is 4.34. The minimum absolute atomic E-state index is 0.0791. The number of nitrogens with zero attached hydrogens (tertiary/aromatic N) is 4. The van der Waals surface area contributed by atoms with Gasteiger partial charge in [-0.25, -0.2) is 0 Å². The van der Waals surface area contributed by atoms with E-state index in [1.54, 1.807) is 16.7 Å². The van der Waals surface area contributed by atoms with Crippen molar-refractivity contribution in [2.45, 2.75) is 42.9 Å². The summed E-state index contributed by atoms with van der Waals surface area (Å²) in [5, 5.41) is 19.2. The molecule has 1 aromatic carbocycles. The molecule has 2 heterocycles. The van der Waals surface area contributed by atoms with E-state index in [1.807, 2.05) is 30.3 Å². The number of allylic oxidation sites excluding steroid dienone is 3. The SMILES string of the molecule is CCCSc1nnc(N2C(N)=C(C#N)C(c3ccccc3)C3=C2CCCC3=O)s1. The van der Waals surface area contributed by atoms with Crippen molar-refractivity contribution in [2.75, 3.05) is 10.7 Å². The van der Waals surface area contributed by atoms with Crippen LogP contribution in [0.2, 0.25) is 0 Å². The summed E-state index contributed by atoms with van der Waals surface area (Å²) in [6, 6.07) is 11.9. The fraction of sp³-hybridized carbons (Fsp3) is 0.333. The summed E-state index contributed by atoms with van der Waals surface area (Å²) in [4.78, 5) is 14.8. The molecule has 0 spiro atoms. The first-order valence-electron chi connectivity index (χ1n) is 9.63. The topological polar surface area (TPSA) is 95.9 Å². The first-order chi connectivity index (χ1) is 14.2. The van der Waals surface area contributed by atoms with Crippen LogP contribution in [-0.4, -0.2) is 21.7 Å². The number of anilines is 1. The molecule has 0 bridgehead atoms. The minimum Gasteiger partial charge on any atom is -0.384 e. The molecule has 29 heavy (non-hydrogen) atoms. The molecular formula is C21H21N5OS2. The van der Waals surface area contributed by atoms with Crippen molar-refractivity contribution in [3.05, 3.63) is 58.6 Å². The van der Waals surface area contributed by atoms with E-state index in [0.717, 1.165) is 40.6 Å². The molecule has 2 aromatic rings. The van der Waals surface area contributed by atoms with E-state index in [9.17, 15) is 10.1 Å². The zero-order valence-corrected chi connectivity index (χ0v) is 17.7. The second-order valence-electron chi connectivity index (χ2n) is 6.93. The van der Waals surface area contributed by atoms with Crippen LogP contribution in [0, 0.1) is 11.3 Å². The predicted molar refractivity (Wildman–Crippen MR) is 115 cm³/mol. The highest BCUT2D eigenvalue weighted by atomic mass is 32.2. The van der Waals surface area contributed by atoms with Gasteiger partial charge in [-0.05, 0) is 24.8 Å². The Kier molecular flexibility index (Phi) is 5.69. The maximum Gasteiger partial charge on any atom is 0.219 e. The number of rotatable bonds is 5. The van der Waals surface area contributed by atoms with Crippen LogP contribution in [0.15, 0.2) is 57.3 Å². The van der Waals surface area contributed by atoms with Gasteiger partial charge in [0.25, 0.3) is 0 Å². The molecule has 0 radical (unpaired) electrons. The van der Waals surface area contributed by atoms with E-state index in [0.29, 0.717) is 28.5 Å². The van der Waals surface area contributed by atoms with Gasteiger partial charge in [0.2, 0.25) is 5.13 Å². The Balaban J connectivity index is 1.86. The summed E-state index contributed by atoms with van der Waals surface area (Å²) in [5.74, 6) is 0.960. The summed E-state index contributed by atoms with van der Waals surface area (Å²) in [7, 11) is 0. The van der Waals surface area contributed by atoms with Crippen LogP contribution in [-0.2, 0) is 4.79 Å². The van der Waals surface area contributed by atoms with E-state index < -0.39 is 5.92 Å². The normalized spacial score (nSPS) is 19.4. The largest absolute Gasteiger partial charge is 0.384 e. The van der Waals surface area contributed by atoms with Crippen LogP contribution in [0.3, 0.4) is 0 Å². The average Bonchev–Trinajstić information content (AvgIpc) is 3.20. The molecule has 2 N–H and O–H groups in total.